The summed E-state index contributed by atoms with van der Waals surface area (Å²) >= 11 is 0. The molecule has 0 aliphatic carbocycles. The number of amides is 1. The van der Waals surface area contributed by atoms with Crippen LogP contribution in [0.5, 0.6) is 5.75 Å². The molecule has 3 rings (SSSR count). The zero-order chi connectivity index (χ0) is 24.1. The molecule has 1 N–H and O–H groups in total. The van der Waals surface area contributed by atoms with Crippen LogP contribution in [0.4, 0.5) is 0 Å². The highest BCUT2D eigenvalue weighted by atomic mass is 16.5. The van der Waals surface area contributed by atoms with Crippen LogP contribution in [-0.4, -0.2) is 52.5 Å². The Morgan fingerprint density at radius 2 is 1.91 bits per heavy atom. The molecule has 1 aromatic carbocycles. The summed E-state index contributed by atoms with van der Waals surface area (Å²) in [4.78, 5) is 31.7. The van der Waals surface area contributed by atoms with E-state index >= 15 is 0 Å². The summed E-state index contributed by atoms with van der Waals surface area (Å²) in [5, 5.41) is 11.2. The lowest BCUT2D eigenvalue weighted by molar-refractivity contribution is -0.140. The molecule has 7 nitrogen and oxygen atoms in total. The van der Waals surface area contributed by atoms with E-state index in [0.717, 1.165) is 5.56 Å². The number of aromatic nitrogens is 1. The molecular formula is C26H32N2O5. The molecular weight excluding hydrogens is 420 g/mol. The van der Waals surface area contributed by atoms with Crippen molar-refractivity contribution in [1.82, 2.24) is 9.88 Å². The number of Topliss-reactive ketones (excluding diaryl/α,β-unsaturated/α-hetero) is 1. The van der Waals surface area contributed by atoms with Gasteiger partial charge in [-0.3, -0.25) is 14.6 Å². The van der Waals surface area contributed by atoms with E-state index in [1.165, 1.54) is 4.90 Å². The highest BCUT2D eigenvalue weighted by molar-refractivity contribution is 6.46. The number of aryl methyl sites for hydroxylation is 1. The number of pyridine rings is 1. The molecule has 0 radical (unpaired) electrons. The number of aliphatic hydroxyl groups is 1. The molecule has 0 spiro atoms. The van der Waals surface area contributed by atoms with Crippen molar-refractivity contribution in [3.63, 3.8) is 0 Å². The van der Waals surface area contributed by atoms with E-state index in [-0.39, 0.29) is 30.6 Å². The second-order valence-electron chi connectivity index (χ2n) is 8.85. The van der Waals surface area contributed by atoms with Gasteiger partial charge in [-0.05, 0) is 62.6 Å². The zero-order valence-electron chi connectivity index (χ0n) is 19.9. The second kappa shape index (κ2) is 10.6. The molecule has 1 amide bonds. The molecule has 0 bridgehead atoms. The summed E-state index contributed by atoms with van der Waals surface area (Å²) in [6, 6.07) is 9.73. The third kappa shape index (κ3) is 5.60. The van der Waals surface area contributed by atoms with Gasteiger partial charge >= 0.3 is 0 Å². The van der Waals surface area contributed by atoms with E-state index in [4.69, 9.17) is 9.47 Å². The number of carbonyl (C=O) groups is 2. The standard InChI is InChI=1S/C26H32N2O5/c1-16(2)15-33-21-10-9-19(14-18(21)5)24(29)22-23(20-8-6-7-11-27-20)28(26(31)25(22)30)12-13-32-17(3)4/h6-11,14,16-17,23,29H,12-13,15H2,1-5H3/b24-22-. The summed E-state index contributed by atoms with van der Waals surface area (Å²) < 4.78 is 11.4. The fourth-order valence-corrected chi connectivity index (χ4v) is 3.71. The van der Waals surface area contributed by atoms with Crippen molar-refractivity contribution in [2.75, 3.05) is 19.8 Å². The predicted molar refractivity (Wildman–Crippen MR) is 126 cm³/mol. The van der Waals surface area contributed by atoms with E-state index in [1.54, 1.807) is 42.6 Å². The van der Waals surface area contributed by atoms with Gasteiger partial charge in [0.25, 0.3) is 11.7 Å². The zero-order valence-corrected chi connectivity index (χ0v) is 19.9. The lowest BCUT2D eigenvalue weighted by Crippen LogP contribution is -2.33. The number of ketones is 1. The van der Waals surface area contributed by atoms with Crippen LogP contribution < -0.4 is 4.74 Å². The SMILES string of the molecule is Cc1cc(/C(O)=C2/C(=O)C(=O)N(CCOC(C)C)C2c2ccccn2)ccc1OCC(C)C. The minimum atomic E-state index is -0.792. The molecule has 33 heavy (non-hydrogen) atoms. The van der Waals surface area contributed by atoms with Crippen LogP contribution in [0.2, 0.25) is 0 Å². The fourth-order valence-electron chi connectivity index (χ4n) is 3.71. The monoisotopic (exact) mass is 452 g/mol. The molecule has 2 heterocycles. The number of hydrogen-bond donors (Lipinski definition) is 1. The Kier molecular flexibility index (Phi) is 7.87. The summed E-state index contributed by atoms with van der Waals surface area (Å²) in [6.07, 6.45) is 1.60. The Morgan fingerprint density at radius 1 is 1.15 bits per heavy atom. The molecule has 1 aliphatic heterocycles. The van der Waals surface area contributed by atoms with Crippen molar-refractivity contribution in [1.29, 1.82) is 0 Å². The van der Waals surface area contributed by atoms with Crippen molar-refractivity contribution in [3.8, 4) is 5.75 Å². The quantitative estimate of drug-likeness (QED) is 0.347. The van der Waals surface area contributed by atoms with Crippen molar-refractivity contribution in [2.24, 2.45) is 5.92 Å². The Labute approximate surface area is 195 Å². The molecule has 2 aromatic rings. The first-order valence-corrected chi connectivity index (χ1v) is 11.3. The van der Waals surface area contributed by atoms with Gasteiger partial charge in [-0.2, -0.15) is 0 Å². The minimum absolute atomic E-state index is 0.00507. The van der Waals surface area contributed by atoms with E-state index in [0.29, 0.717) is 29.5 Å². The highest BCUT2D eigenvalue weighted by Gasteiger charge is 2.46. The maximum absolute atomic E-state index is 13.0. The number of aliphatic hydroxyl groups excluding tert-OH is 1. The molecule has 1 unspecified atom stereocenters. The van der Waals surface area contributed by atoms with Gasteiger partial charge in [-0.25, -0.2) is 0 Å². The molecule has 1 fully saturated rings. The number of nitrogens with zero attached hydrogens (tertiary/aromatic N) is 2. The van der Waals surface area contributed by atoms with Gasteiger partial charge in [0.2, 0.25) is 0 Å². The lowest BCUT2D eigenvalue weighted by atomic mass is 9.97. The average molecular weight is 453 g/mol. The van der Waals surface area contributed by atoms with Gasteiger partial charge in [0.1, 0.15) is 17.6 Å². The van der Waals surface area contributed by atoms with Crippen molar-refractivity contribution < 1.29 is 24.2 Å². The molecule has 1 saturated heterocycles. The molecule has 176 valence electrons. The van der Waals surface area contributed by atoms with Gasteiger partial charge in [0, 0.05) is 18.3 Å². The maximum Gasteiger partial charge on any atom is 0.295 e. The normalized spacial score (nSPS) is 17.9. The number of hydrogen-bond acceptors (Lipinski definition) is 6. The number of benzene rings is 1. The third-order valence-electron chi connectivity index (χ3n) is 5.31. The smallest absolute Gasteiger partial charge is 0.295 e. The van der Waals surface area contributed by atoms with Gasteiger partial charge in [-0.1, -0.05) is 19.9 Å². The first-order chi connectivity index (χ1) is 15.7. The van der Waals surface area contributed by atoms with Crippen molar-refractivity contribution >= 4 is 17.4 Å². The molecule has 1 aliphatic rings. The fraction of sp³-hybridized carbons (Fsp3) is 0.423. The second-order valence-corrected chi connectivity index (χ2v) is 8.85. The summed E-state index contributed by atoms with van der Waals surface area (Å²) in [5.74, 6) is -0.534. The minimum Gasteiger partial charge on any atom is -0.507 e. The van der Waals surface area contributed by atoms with Gasteiger partial charge in [0.05, 0.1) is 30.6 Å². The summed E-state index contributed by atoms with van der Waals surface area (Å²) in [5.41, 5.74) is 1.81. The van der Waals surface area contributed by atoms with Crippen LogP contribution in [0, 0.1) is 12.8 Å². The van der Waals surface area contributed by atoms with Crippen LogP contribution >= 0.6 is 0 Å². The Hall–Kier alpha value is -3.19. The number of ether oxygens (including phenoxy) is 2. The van der Waals surface area contributed by atoms with Gasteiger partial charge in [0.15, 0.2) is 0 Å². The Morgan fingerprint density at radius 3 is 2.52 bits per heavy atom. The first kappa shape index (κ1) is 24.5. The largest absolute Gasteiger partial charge is 0.507 e. The third-order valence-corrected chi connectivity index (χ3v) is 5.31. The predicted octanol–water partition coefficient (Wildman–Crippen LogP) is 4.27. The Bertz CT molecular complexity index is 1030. The Balaban J connectivity index is 2.01. The van der Waals surface area contributed by atoms with Crippen molar-refractivity contribution in [2.45, 2.75) is 46.8 Å². The molecule has 0 saturated carbocycles. The van der Waals surface area contributed by atoms with Crippen LogP contribution in [0.25, 0.3) is 5.76 Å². The van der Waals surface area contributed by atoms with E-state index in [1.807, 2.05) is 20.8 Å². The first-order valence-electron chi connectivity index (χ1n) is 11.3. The van der Waals surface area contributed by atoms with Gasteiger partial charge in [-0.15, -0.1) is 0 Å². The maximum atomic E-state index is 13.0. The molecule has 1 atom stereocenters. The summed E-state index contributed by atoms with van der Waals surface area (Å²) in [7, 11) is 0. The lowest BCUT2D eigenvalue weighted by Gasteiger charge is -2.24. The molecule has 1 aromatic heterocycles. The van der Waals surface area contributed by atoms with E-state index < -0.39 is 17.7 Å². The summed E-state index contributed by atoms with van der Waals surface area (Å²) in [6.45, 7) is 10.9. The molecule has 7 heteroatoms. The van der Waals surface area contributed by atoms with Crippen LogP contribution in [0.1, 0.15) is 50.6 Å². The van der Waals surface area contributed by atoms with Crippen LogP contribution in [-0.2, 0) is 14.3 Å². The highest BCUT2D eigenvalue weighted by Crippen LogP contribution is 2.39. The number of rotatable bonds is 9. The topological polar surface area (TPSA) is 89.0 Å². The van der Waals surface area contributed by atoms with Crippen LogP contribution in [0.3, 0.4) is 0 Å². The average Bonchev–Trinajstić information content (AvgIpc) is 3.03. The van der Waals surface area contributed by atoms with Gasteiger partial charge < -0.3 is 19.5 Å². The number of likely N-dealkylation sites (tertiary alicyclic amines) is 1. The van der Waals surface area contributed by atoms with Crippen LogP contribution in [0.15, 0.2) is 48.2 Å². The number of carbonyl (C=O) groups excluding carboxylic acids is 2. The van der Waals surface area contributed by atoms with E-state index in [9.17, 15) is 14.7 Å². The van der Waals surface area contributed by atoms with Crippen molar-refractivity contribution in [3.05, 3.63) is 65.0 Å². The van der Waals surface area contributed by atoms with E-state index in [2.05, 4.69) is 18.8 Å².